The fraction of sp³-hybridized carbons (Fsp3) is 0. The van der Waals surface area contributed by atoms with Gasteiger partial charge in [0.2, 0.25) is 0 Å². The molecule has 86 valence electrons. The van der Waals surface area contributed by atoms with Crippen molar-refractivity contribution in [2.24, 2.45) is 0 Å². The lowest BCUT2D eigenvalue weighted by Gasteiger charge is -2.07. The number of phenolic OH excluding ortho intramolecular Hbond substituents is 1. The number of benzene rings is 2. The minimum Gasteiger partial charge on any atom is -0.507 e. The standard InChI is InChI=1S/C13H8Cl2O2/c14-9-5-3-6-10(15)12(9)13(17)8-4-1-2-7-11(8)16/h1-7,16H. The lowest BCUT2D eigenvalue weighted by molar-refractivity contribution is 0.103. The predicted octanol–water partition coefficient (Wildman–Crippen LogP) is 3.93. The van der Waals surface area contributed by atoms with Crippen LogP contribution in [0.4, 0.5) is 0 Å². The number of aromatic hydroxyl groups is 1. The Morgan fingerprint density at radius 1 is 0.941 bits per heavy atom. The van der Waals surface area contributed by atoms with E-state index in [9.17, 15) is 9.90 Å². The van der Waals surface area contributed by atoms with Crippen LogP contribution in [0.3, 0.4) is 0 Å². The molecule has 0 saturated heterocycles. The smallest absolute Gasteiger partial charge is 0.199 e. The molecule has 1 N–H and O–H groups in total. The molecule has 0 fully saturated rings. The van der Waals surface area contributed by atoms with Crippen LogP contribution in [0.15, 0.2) is 42.5 Å². The molecule has 0 bridgehead atoms. The van der Waals surface area contributed by atoms with Gasteiger partial charge in [-0.3, -0.25) is 4.79 Å². The second-order valence-electron chi connectivity index (χ2n) is 3.44. The third kappa shape index (κ3) is 2.28. The lowest BCUT2D eigenvalue weighted by atomic mass is 10.0. The largest absolute Gasteiger partial charge is 0.507 e. The zero-order chi connectivity index (χ0) is 12.4. The van der Waals surface area contributed by atoms with Gasteiger partial charge < -0.3 is 5.11 Å². The number of hydrogen-bond donors (Lipinski definition) is 1. The molecule has 0 saturated carbocycles. The highest BCUT2D eigenvalue weighted by Crippen LogP contribution is 2.29. The summed E-state index contributed by atoms with van der Waals surface area (Å²) in [7, 11) is 0. The van der Waals surface area contributed by atoms with E-state index in [4.69, 9.17) is 23.2 Å². The maximum Gasteiger partial charge on any atom is 0.199 e. The Morgan fingerprint density at radius 2 is 1.53 bits per heavy atom. The fourth-order valence-corrected chi connectivity index (χ4v) is 2.08. The van der Waals surface area contributed by atoms with E-state index in [1.807, 2.05) is 0 Å². The molecule has 2 rings (SSSR count). The third-order valence-electron chi connectivity index (χ3n) is 2.34. The summed E-state index contributed by atoms with van der Waals surface area (Å²) in [5.74, 6) is -0.479. The number of ketones is 1. The summed E-state index contributed by atoms with van der Waals surface area (Å²) < 4.78 is 0. The van der Waals surface area contributed by atoms with Gasteiger partial charge in [0.05, 0.1) is 21.2 Å². The predicted molar refractivity (Wildman–Crippen MR) is 68.0 cm³/mol. The number of carbonyl (C=O) groups excluding carboxylic acids is 1. The first kappa shape index (κ1) is 12.0. The van der Waals surface area contributed by atoms with Crippen LogP contribution in [0.25, 0.3) is 0 Å². The maximum absolute atomic E-state index is 12.2. The number of hydrogen-bond acceptors (Lipinski definition) is 2. The van der Waals surface area contributed by atoms with Gasteiger partial charge in [0.15, 0.2) is 5.78 Å². The fourth-order valence-electron chi connectivity index (χ4n) is 1.52. The normalized spacial score (nSPS) is 10.2. The molecule has 0 atom stereocenters. The molecule has 0 spiro atoms. The third-order valence-corrected chi connectivity index (χ3v) is 2.97. The molecule has 0 amide bonds. The van der Waals surface area contributed by atoms with E-state index in [0.29, 0.717) is 0 Å². The van der Waals surface area contributed by atoms with Gasteiger partial charge in [-0.05, 0) is 24.3 Å². The zero-order valence-corrected chi connectivity index (χ0v) is 10.2. The molecule has 4 heteroatoms. The van der Waals surface area contributed by atoms with E-state index in [0.717, 1.165) is 0 Å². The quantitative estimate of drug-likeness (QED) is 0.837. The van der Waals surface area contributed by atoms with Crippen LogP contribution in [0, 0.1) is 0 Å². The first-order valence-electron chi connectivity index (χ1n) is 4.88. The molecule has 0 aliphatic carbocycles. The highest BCUT2D eigenvalue weighted by molar-refractivity contribution is 6.41. The van der Waals surface area contributed by atoms with Crippen LogP contribution in [0.5, 0.6) is 5.75 Å². The topological polar surface area (TPSA) is 37.3 Å². The van der Waals surface area contributed by atoms with Crippen molar-refractivity contribution in [1.29, 1.82) is 0 Å². The molecular weight excluding hydrogens is 259 g/mol. The van der Waals surface area contributed by atoms with Crippen molar-refractivity contribution < 1.29 is 9.90 Å². The van der Waals surface area contributed by atoms with Gasteiger partial charge in [0.25, 0.3) is 0 Å². The van der Waals surface area contributed by atoms with Gasteiger partial charge >= 0.3 is 0 Å². The van der Waals surface area contributed by atoms with Crippen molar-refractivity contribution in [2.75, 3.05) is 0 Å². The number of halogens is 2. The van der Waals surface area contributed by atoms with Crippen molar-refractivity contribution in [3.63, 3.8) is 0 Å². The van der Waals surface area contributed by atoms with E-state index in [1.54, 1.807) is 30.3 Å². The average molecular weight is 267 g/mol. The minimum absolute atomic E-state index is 0.0894. The van der Waals surface area contributed by atoms with Gasteiger partial charge in [0.1, 0.15) is 5.75 Å². The number of rotatable bonds is 2. The summed E-state index contributed by atoms with van der Waals surface area (Å²) in [5, 5.41) is 10.2. The van der Waals surface area contributed by atoms with Crippen LogP contribution in [-0.2, 0) is 0 Å². The van der Waals surface area contributed by atoms with Crippen LogP contribution in [0.1, 0.15) is 15.9 Å². The molecule has 0 aromatic heterocycles. The highest BCUT2D eigenvalue weighted by Gasteiger charge is 2.18. The summed E-state index contributed by atoms with van der Waals surface area (Å²) in [4.78, 5) is 12.2. The van der Waals surface area contributed by atoms with Gasteiger partial charge in [-0.25, -0.2) is 0 Å². The minimum atomic E-state index is -0.390. The number of carbonyl (C=O) groups is 1. The number of para-hydroxylation sites is 1. The second-order valence-corrected chi connectivity index (χ2v) is 4.26. The molecule has 0 aliphatic heterocycles. The van der Waals surface area contributed by atoms with Crippen LogP contribution < -0.4 is 0 Å². The Kier molecular flexibility index (Phi) is 3.36. The Hall–Kier alpha value is -1.51. The summed E-state index contributed by atoms with van der Waals surface area (Å²) in [5.41, 5.74) is 0.389. The summed E-state index contributed by atoms with van der Waals surface area (Å²) in [6.45, 7) is 0. The Morgan fingerprint density at radius 3 is 2.12 bits per heavy atom. The Labute approximate surface area is 108 Å². The molecule has 2 aromatic rings. The maximum atomic E-state index is 12.2. The van der Waals surface area contributed by atoms with E-state index < -0.39 is 5.78 Å². The van der Waals surface area contributed by atoms with Crippen molar-refractivity contribution >= 4 is 29.0 Å². The number of phenols is 1. The molecular formula is C13H8Cl2O2. The van der Waals surface area contributed by atoms with Crippen molar-refractivity contribution in [2.45, 2.75) is 0 Å². The monoisotopic (exact) mass is 266 g/mol. The van der Waals surface area contributed by atoms with Crippen molar-refractivity contribution in [3.05, 3.63) is 63.6 Å². The van der Waals surface area contributed by atoms with Crippen molar-refractivity contribution in [1.82, 2.24) is 0 Å². The molecule has 0 aliphatic rings. The van der Waals surface area contributed by atoms with Gasteiger partial charge in [-0.2, -0.15) is 0 Å². The molecule has 17 heavy (non-hydrogen) atoms. The van der Waals surface area contributed by atoms with Crippen molar-refractivity contribution in [3.8, 4) is 5.75 Å². The summed E-state index contributed by atoms with van der Waals surface area (Å²) >= 11 is 11.9. The summed E-state index contributed by atoms with van der Waals surface area (Å²) in [6, 6.07) is 11.1. The molecule has 0 radical (unpaired) electrons. The average Bonchev–Trinajstić information content (AvgIpc) is 2.29. The second kappa shape index (κ2) is 4.78. The van der Waals surface area contributed by atoms with Gasteiger partial charge in [-0.1, -0.05) is 41.4 Å². The lowest BCUT2D eigenvalue weighted by Crippen LogP contribution is -2.03. The zero-order valence-electron chi connectivity index (χ0n) is 8.65. The van der Waals surface area contributed by atoms with Gasteiger partial charge in [-0.15, -0.1) is 0 Å². The molecule has 2 aromatic carbocycles. The molecule has 0 heterocycles. The highest BCUT2D eigenvalue weighted by atomic mass is 35.5. The molecule has 2 nitrogen and oxygen atoms in total. The first-order valence-corrected chi connectivity index (χ1v) is 5.63. The van der Waals surface area contributed by atoms with E-state index >= 15 is 0 Å². The van der Waals surface area contributed by atoms with E-state index in [-0.39, 0.29) is 26.9 Å². The van der Waals surface area contributed by atoms with Crippen LogP contribution >= 0.6 is 23.2 Å². The van der Waals surface area contributed by atoms with Crippen LogP contribution in [0.2, 0.25) is 10.0 Å². The van der Waals surface area contributed by atoms with Crippen LogP contribution in [-0.4, -0.2) is 10.9 Å². The molecule has 0 unspecified atom stereocenters. The Bertz CT molecular complexity index is 559. The Balaban J connectivity index is 2.56. The van der Waals surface area contributed by atoms with E-state index in [2.05, 4.69) is 0 Å². The summed E-state index contributed by atoms with van der Waals surface area (Å²) in [6.07, 6.45) is 0. The van der Waals surface area contributed by atoms with E-state index in [1.165, 1.54) is 12.1 Å². The van der Waals surface area contributed by atoms with Gasteiger partial charge in [0, 0.05) is 0 Å². The SMILES string of the molecule is O=C(c1ccccc1O)c1c(Cl)cccc1Cl. The first-order chi connectivity index (χ1) is 8.11.